The van der Waals surface area contributed by atoms with Gasteiger partial charge in [-0.05, 0) is 57.2 Å². The van der Waals surface area contributed by atoms with Crippen LogP contribution in [-0.2, 0) is 26.2 Å². The third-order valence-electron chi connectivity index (χ3n) is 6.65. The first-order valence-corrected chi connectivity index (χ1v) is 14.0. The average molecular weight is 614 g/mol. The van der Waals surface area contributed by atoms with Crippen LogP contribution in [-0.4, -0.2) is 78.7 Å². The van der Waals surface area contributed by atoms with Gasteiger partial charge in [-0.15, -0.1) is 5.10 Å². The number of piperazine rings is 1. The number of nitrogens with one attached hydrogen (secondary N) is 1. The molecule has 1 unspecified atom stereocenters. The molecule has 0 aliphatic carbocycles. The first-order chi connectivity index (χ1) is 19.9. The third-order valence-corrected chi connectivity index (χ3v) is 7.06. The lowest BCUT2D eigenvalue weighted by Crippen LogP contribution is -2.60. The van der Waals surface area contributed by atoms with Gasteiger partial charge >= 0.3 is 0 Å². The highest BCUT2D eigenvalue weighted by molar-refractivity contribution is 6.31. The van der Waals surface area contributed by atoms with Crippen molar-refractivity contribution in [1.29, 1.82) is 0 Å². The highest BCUT2D eigenvalue weighted by Gasteiger charge is 2.39. The predicted molar refractivity (Wildman–Crippen MR) is 159 cm³/mol. The van der Waals surface area contributed by atoms with Crippen LogP contribution in [0.15, 0.2) is 48.8 Å². The molecule has 12 nitrogen and oxygen atoms in total. The molecule has 0 saturated carbocycles. The van der Waals surface area contributed by atoms with Gasteiger partial charge in [0.2, 0.25) is 17.7 Å². The minimum atomic E-state index is -0.955. The lowest BCUT2D eigenvalue weighted by Gasteiger charge is -2.38. The fraction of sp³-hybridized carbons (Fsp3) is 0.357. The Morgan fingerprint density at radius 3 is 2.55 bits per heavy atom. The van der Waals surface area contributed by atoms with Crippen LogP contribution >= 0.6 is 23.2 Å². The van der Waals surface area contributed by atoms with Crippen LogP contribution in [0.4, 0.5) is 11.4 Å². The summed E-state index contributed by atoms with van der Waals surface area (Å²) in [6.07, 6.45) is 3.52. The number of anilines is 2. The molecule has 1 aliphatic heterocycles. The van der Waals surface area contributed by atoms with Crippen molar-refractivity contribution in [2.24, 2.45) is 7.05 Å². The quantitative estimate of drug-likeness (QED) is 0.320. The Labute approximate surface area is 252 Å². The van der Waals surface area contributed by atoms with Crippen molar-refractivity contribution in [3.63, 3.8) is 0 Å². The third kappa shape index (κ3) is 6.56. The Morgan fingerprint density at radius 2 is 1.83 bits per heavy atom. The first kappa shape index (κ1) is 29.5. The molecule has 1 aliphatic rings. The van der Waals surface area contributed by atoms with Crippen molar-refractivity contribution < 1.29 is 19.1 Å². The average Bonchev–Trinajstić information content (AvgIpc) is 3.51. The van der Waals surface area contributed by atoms with E-state index in [-0.39, 0.29) is 31.3 Å². The maximum atomic E-state index is 13.6. The van der Waals surface area contributed by atoms with Gasteiger partial charge in [-0.1, -0.05) is 28.4 Å². The fourth-order valence-electron chi connectivity index (χ4n) is 4.76. The normalized spacial score (nSPS) is 15.0. The molecule has 1 saturated heterocycles. The summed E-state index contributed by atoms with van der Waals surface area (Å²) in [5.41, 5.74) is 1.72. The zero-order valence-corrected chi connectivity index (χ0v) is 25.1. The molecule has 0 radical (unpaired) electrons. The molecule has 14 heteroatoms. The zero-order valence-electron chi connectivity index (χ0n) is 23.5. The van der Waals surface area contributed by atoms with Crippen molar-refractivity contribution in [3.05, 3.63) is 59.0 Å². The number of benzene rings is 2. The molecule has 42 heavy (non-hydrogen) atoms. The van der Waals surface area contributed by atoms with Crippen molar-refractivity contribution >= 4 is 63.2 Å². The molecular formula is C28H30Cl2N8O4. The molecule has 5 rings (SSSR count). The smallest absolute Gasteiger partial charge is 0.247 e. The van der Waals surface area contributed by atoms with Gasteiger partial charge in [0.25, 0.3) is 0 Å². The number of fused-ring (bicyclic) bond motifs is 1. The number of aryl methyl sites for hydroxylation is 1. The number of nitrogens with zero attached hydrogens (tertiary/aromatic N) is 7. The molecule has 0 bridgehead atoms. The molecule has 2 aromatic heterocycles. The van der Waals surface area contributed by atoms with E-state index in [1.807, 2.05) is 40.1 Å². The van der Waals surface area contributed by atoms with E-state index in [1.54, 1.807) is 35.0 Å². The van der Waals surface area contributed by atoms with Crippen LogP contribution < -0.4 is 10.2 Å². The van der Waals surface area contributed by atoms with Crippen molar-refractivity contribution in [2.75, 3.05) is 29.9 Å². The summed E-state index contributed by atoms with van der Waals surface area (Å²) < 4.78 is 8.97. The van der Waals surface area contributed by atoms with Crippen molar-refractivity contribution in [2.45, 2.75) is 38.8 Å². The number of carbonyl (C=O) groups is 3. The molecule has 1 N–H and O–H groups in total. The van der Waals surface area contributed by atoms with Crippen LogP contribution in [0, 0.1) is 0 Å². The Bertz CT molecular complexity index is 1660. The van der Waals surface area contributed by atoms with Crippen LogP contribution in [0.1, 0.15) is 27.2 Å². The summed E-state index contributed by atoms with van der Waals surface area (Å²) in [5.74, 6) is -1.22. The van der Waals surface area contributed by atoms with Crippen molar-refractivity contribution in [3.8, 4) is 5.69 Å². The summed E-state index contributed by atoms with van der Waals surface area (Å²) in [6, 6.07) is 9.28. The maximum absolute atomic E-state index is 13.6. The summed E-state index contributed by atoms with van der Waals surface area (Å²) in [6.45, 7) is 5.30. The van der Waals surface area contributed by atoms with E-state index < -0.39 is 29.4 Å². The van der Waals surface area contributed by atoms with Gasteiger partial charge in [0.15, 0.2) is 5.15 Å². The number of hydrogen-bond donors (Lipinski definition) is 1. The van der Waals surface area contributed by atoms with Gasteiger partial charge < -0.3 is 15.0 Å². The molecule has 0 spiro atoms. The molecule has 1 atom stereocenters. The van der Waals surface area contributed by atoms with E-state index >= 15 is 0 Å². The van der Waals surface area contributed by atoms with E-state index in [0.717, 1.165) is 10.9 Å². The molecule has 2 aromatic carbocycles. The zero-order chi connectivity index (χ0) is 30.2. The molecule has 4 aromatic rings. The monoisotopic (exact) mass is 612 g/mol. The molecule has 220 valence electrons. The Hall–Kier alpha value is -4.00. The summed E-state index contributed by atoms with van der Waals surface area (Å²) >= 11 is 12.2. The lowest BCUT2D eigenvalue weighted by molar-refractivity contribution is -0.144. The van der Waals surface area contributed by atoms with Gasteiger partial charge in [0, 0.05) is 42.4 Å². The minimum absolute atomic E-state index is 0.164. The highest BCUT2D eigenvalue weighted by Crippen LogP contribution is 2.30. The number of ether oxygens (including phenoxy) is 1. The highest BCUT2D eigenvalue weighted by atomic mass is 35.5. The summed E-state index contributed by atoms with van der Waals surface area (Å²) in [5, 5.41) is 16.4. The molecular weight excluding hydrogens is 583 g/mol. The van der Waals surface area contributed by atoms with E-state index in [4.69, 9.17) is 27.9 Å². The number of aromatic nitrogens is 5. The van der Waals surface area contributed by atoms with Gasteiger partial charge in [-0.3, -0.25) is 24.0 Å². The van der Waals surface area contributed by atoms with Gasteiger partial charge in [-0.2, -0.15) is 5.10 Å². The van der Waals surface area contributed by atoms with Crippen LogP contribution in [0.25, 0.3) is 16.6 Å². The SMILES string of the molecule is Cn1cc2cc(NC(=O)C(CCOC(C)(C)C)N3CC(=O)N(c4cc(Cl)ccc4-n4cc(Cl)nn4)CC3=O)ccc2n1. The van der Waals surface area contributed by atoms with E-state index in [1.165, 1.54) is 20.7 Å². The second kappa shape index (κ2) is 11.7. The Kier molecular flexibility index (Phi) is 8.22. The van der Waals surface area contributed by atoms with E-state index in [0.29, 0.717) is 22.1 Å². The summed E-state index contributed by atoms with van der Waals surface area (Å²) in [4.78, 5) is 43.4. The van der Waals surface area contributed by atoms with Gasteiger partial charge in [0.1, 0.15) is 19.1 Å². The first-order valence-electron chi connectivity index (χ1n) is 13.2. The number of rotatable bonds is 8. The second-order valence-corrected chi connectivity index (χ2v) is 11.8. The molecule has 3 amide bonds. The molecule has 1 fully saturated rings. The largest absolute Gasteiger partial charge is 0.376 e. The standard InChI is InChI=1S/C28H30Cl2N8O4/c1-28(2,3)42-10-9-22(27(41)31-19-6-7-20-17(11-19)13-35(4)33-20)36-15-26(40)37(16-25(36)39)23-12-18(29)5-8-21(23)38-14-24(30)32-34-38/h5-8,11-14,22H,9-10,15-16H2,1-4H3,(H,31,41). The van der Waals surface area contributed by atoms with Crippen LogP contribution in [0.5, 0.6) is 0 Å². The lowest BCUT2D eigenvalue weighted by atomic mass is 10.1. The van der Waals surface area contributed by atoms with E-state index in [9.17, 15) is 14.4 Å². The number of hydrogen-bond acceptors (Lipinski definition) is 7. The van der Waals surface area contributed by atoms with Crippen LogP contribution in [0.3, 0.4) is 0 Å². The topological polar surface area (TPSA) is 127 Å². The molecule has 3 heterocycles. The van der Waals surface area contributed by atoms with E-state index in [2.05, 4.69) is 20.7 Å². The number of amides is 3. The van der Waals surface area contributed by atoms with Gasteiger partial charge in [-0.25, -0.2) is 4.68 Å². The van der Waals surface area contributed by atoms with Crippen LogP contribution in [0.2, 0.25) is 10.2 Å². The Morgan fingerprint density at radius 1 is 1.05 bits per heavy atom. The second-order valence-electron chi connectivity index (χ2n) is 11.0. The summed E-state index contributed by atoms with van der Waals surface area (Å²) in [7, 11) is 1.82. The van der Waals surface area contributed by atoms with Gasteiger partial charge in [0.05, 0.1) is 28.7 Å². The number of carbonyl (C=O) groups excluding carboxylic acids is 3. The minimum Gasteiger partial charge on any atom is -0.376 e. The Balaban J connectivity index is 1.40. The number of halogens is 2. The van der Waals surface area contributed by atoms with Crippen molar-refractivity contribution in [1.82, 2.24) is 29.7 Å². The fourth-order valence-corrected chi connectivity index (χ4v) is 5.05. The maximum Gasteiger partial charge on any atom is 0.247 e. The predicted octanol–water partition coefficient (Wildman–Crippen LogP) is 3.85.